The lowest BCUT2D eigenvalue weighted by molar-refractivity contribution is 0.537. The van der Waals surface area contributed by atoms with Crippen molar-refractivity contribution in [3.8, 4) is 0 Å². The van der Waals surface area contributed by atoms with Crippen molar-refractivity contribution in [1.29, 1.82) is 0 Å². The third kappa shape index (κ3) is 2.32. The highest BCUT2D eigenvalue weighted by Crippen LogP contribution is 2.15. The summed E-state index contributed by atoms with van der Waals surface area (Å²) in [7, 11) is 0. The minimum absolute atomic E-state index is 0.0706. The largest absolute Gasteiger partial charge is 0.322 e. The molecule has 1 rings (SSSR count). The summed E-state index contributed by atoms with van der Waals surface area (Å²) in [6.45, 7) is 3.47. The van der Waals surface area contributed by atoms with Crippen LogP contribution >= 0.6 is 0 Å². The van der Waals surface area contributed by atoms with Crippen LogP contribution in [0.15, 0.2) is 24.9 Å². The smallest absolute Gasteiger partial charge is 0.149 e. The fourth-order valence-corrected chi connectivity index (χ4v) is 0.989. The number of hydrogen-bond acceptors (Lipinski definition) is 2. The van der Waals surface area contributed by atoms with Crippen LogP contribution in [0.25, 0.3) is 0 Å². The Balaban J connectivity index is 2.94. The van der Waals surface area contributed by atoms with Crippen LogP contribution in [0.3, 0.4) is 0 Å². The van der Waals surface area contributed by atoms with Gasteiger partial charge in [-0.05, 0) is 6.42 Å². The molecule has 0 fully saturated rings. The van der Waals surface area contributed by atoms with E-state index >= 15 is 0 Å². The second-order valence-electron chi connectivity index (χ2n) is 2.65. The van der Waals surface area contributed by atoms with E-state index in [-0.39, 0.29) is 5.69 Å². The van der Waals surface area contributed by atoms with Crippen molar-refractivity contribution in [1.82, 2.24) is 4.98 Å². The molecule has 1 unspecified atom stereocenters. The van der Waals surface area contributed by atoms with Crippen LogP contribution in [-0.4, -0.2) is 4.98 Å². The standard InChI is InChI=1S/C9H10F2N2/c1-2-3-8(12)9-7(11)4-6(10)5-13-9/h2,4-5,8H,1,3,12H2. The van der Waals surface area contributed by atoms with E-state index in [1.165, 1.54) is 0 Å². The van der Waals surface area contributed by atoms with Crippen LogP contribution in [0.4, 0.5) is 8.78 Å². The Morgan fingerprint density at radius 1 is 1.62 bits per heavy atom. The molecule has 1 heterocycles. The molecule has 0 spiro atoms. The SMILES string of the molecule is C=CCC(N)c1ncc(F)cc1F. The Kier molecular flexibility index (Phi) is 3.08. The molecule has 0 saturated carbocycles. The molecule has 1 aromatic heterocycles. The highest BCUT2D eigenvalue weighted by molar-refractivity contribution is 5.13. The fourth-order valence-electron chi connectivity index (χ4n) is 0.989. The zero-order valence-corrected chi connectivity index (χ0v) is 7.00. The minimum atomic E-state index is -0.714. The summed E-state index contributed by atoms with van der Waals surface area (Å²) in [4.78, 5) is 3.57. The predicted octanol–water partition coefficient (Wildman–Crippen LogP) is 1.94. The van der Waals surface area contributed by atoms with Crippen LogP contribution in [0, 0.1) is 11.6 Å². The molecule has 0 aliphatic rings. The molecule has 2 nitrogen and oxygen atoms in total. The molecule has 1 atom stereocenters. The second kappa shape index (κ2) is 4.09. The topological polar surface area (TPSA) is 38.9 Å². The Hall–Kier alpha value is -1.29. The molecule has 0 radical (unpaired) electrons. The van der Waals surface area contributed by atoms with E-state index in [1.807, 2.05) is 0 Å². The molecule has 4 heteroatoms. The van der Waals surface area contributed by atoms with Gasteiger partial charge >= 0.3 is 0 Å². The number of hydrogen-bond donors (Lipinski definition) is 1. The first kappa shape index (κ1) is 9.80. The molecule has 0 saturated heterocycles. The van der Waals surface area contributed by atoms with E-state index in [1.54, 1.807) is 6.08 Å². The first-order chi connectivity index (χ1) is 6.15. The maximum Gasteiger partial charge on any atom is 0.149 e. The van der Waals surface area contributed by atoms with E-state index in [4.69, 9.17) is 5.73 Å². The minimum Gasteiger partial charge on any atom is -0.322 e. The Morgan fingerprint density at radius 3 is 2.85 bits per heavy atom. The Morgan fingerprint density at radius 2 is 2.31 bits per heavy atom. The predicted molar refractivity (Wildman–Crippen MR) is 45.9 cm³/mol. The van der Waals surface area contributed by atoms with Gasteiger partial charge in [-0.1, -0.05) is 6.08 Å². The monoisotopic (exact) mass is 184 g/mol. The highest BCUT2D eigenvalue weighted by Gasteiger charge is 2.11. The lowest BCUT2D eigenvalue weighted by atomic mass is 10.1. The number of nitrogens with zero attached hydrogens (tertiary/aromatic N) is 1. The molecule has 0 amide bonds. The Bertz CT molecular complexity index is 312. The summed E-state index contributed by atoms with van der Waals surface area (Å²) >= 11 is 0. The van der Waals surface area contributed by atoms with Gasteiger partial charge in [0.05, 0.1) is 17.9 Å². The lowest BCUT2D eigenvalue weighted by Gasteiger charge is -2.08. The molecule has 0 bridgehead atoms. The van der Waals surface area contributed by atoms with Crippen LogP contribution in [-0.2, 0) is 0 Å². The first-order valence-electron chi connectivity index (χ1n) is 3.82. The maximum absolute atomic E-state index is 13.0. The van der Waals surface area contributed by atoms with Gasteiger partial charge < -0.3 is 5.73 Å². The molecule has 0 aromatic carbocycles. The summed E-state index contributed by atoms with van der Waals surface area (Å²) in [6, 6.07) is 0.212. The summed E-state index contributed by atoms with van der Waals surface area (Å²) < 4.78 is 25.4. The van der Waals surface area contributed by atoms with Gasteiger partial charge in [-0.3, -0.25) is 4.98 Å². The quantitative estimate of drug-likeness (QED) is 0.729. The van der Waals surface area contributed by atoms with Crippen molar-refractivity contribution < 1.29 is 8.78 Å². The maximum atomic E-state index is 13.0. The summed E-state index contributed by atoms with van der Waals surface area (Å²) in [5.41, 5.74) is 5.63. The average molecular weight is 184 g/mol. The second-order valence-corrected chi connectivity index (χ2v) is 2.65. The lowest BCUT2D eigenvalue weighted by Crippen LogP contribution is -2.13. The van der Waals surface area contributed by atoms with Crippen molar-refractivity contribution in [3.63, 3.8) is 0 Å². The summed E-state index contributed by atoms with van der Waals surface area (Å²) in [5.74, 6) is -1.42. The molecule has 0 aliphatic heterocycles. The van der Waals surface area contributed by atoms with Crippen molar-refractivity contribution in [2.75, 3.05) is 0 Å². The zero-order chi connectivity index (χ0) is 9.84. The van der Waals surface area contributed by atoms with Crippen molar-refractivity contribution >= 4 is 0 Å². The zero-order valence-electron chi connectivity index (χ0n) is 7.00. The molecular formula is C9H10F2N2. The molecule has 0 aliphatic carbocycles. The van der Waals surface area contributed by atoms with Gasteiger partial charge in [0.1, 0.15) is 11.6 Å². The van der Waals surface area contributed by atoms with Gasteiger partial charge in [0.15, 0.2) is 0 Å². The van der Waals surface area contributed by atoms with E-state index in [9.17, 15) is 8.78 Å². The van der Waals surface area contributed by atoms with Gasteiger partial charge in [-0.25, -0.2) is 8.78 Å². The van der Waals surface area contributed by atoms with E-state index in [0.717, 1.165) is 12.3 Å². The first-order valence-corrected chi connectivity index (χ1v) is 3.82. The van der Waals surface area contributed by atoms with E-state index in [0.29, 0.717) is 6.42 Å². The van der Waals surface area contributed by atoms with Gasteiger partial charge in [0, 0.05) is 6.07 Å². The van der Waals surface area contributed by atoms with Crippen LogP contribution in [0.1, 0.15) is 18.2 Å². The third-order valence-electron chi connectivity index (χ3n) is 1.61. The summed E-state index contributed by atoms with van der Waals surface area (Å²) in [5, 5.41) is 0. The number of halogens is 2. The number of pyridine rings is 1. The fraction of sp³-hybridized carbons (Fsp3) is 0.222. The van der Waals surface area contributed by atoms with E-state index in [2.05, 4.69) is 11.6 Å². The van der Waals surface area contributed by atoms with Gasteiger partial charge in [-0.2, -0.15) is 0 Å². The van der Waals surface area contributed by atoms with Gasteiger partial charge in [-0.15, -0.1) is 6.58 Å². The molecule has 70 valence electrons. The Labute approximate surface area is 75.1 Å². The summed E-state index contributed by atoms with van der Waals surface area (Å²) in [6.07, 6.45) is 2.92. The highest BCUT2D eigenvalue weighted by atomic mass is 19.1. The molecule has 2 N–H and O–H groups in total. The third-order valence-corrected chi connectivity index (χ3v) is 1.61. The average Bonchev–Trinajstić information content (AvgIpc) is 2.04. The van der Waals surface area contributed by atoms with Crippen molar-refractivity contribution in [2.45, 2.75) is 12.5 Å². The van der Waals surface area contributed by atoms with Crippen LogP contribution in [0.5, 0.6) is 0 Å². The van der Waals surface area contributed by atoms with E-state index < -0.39 is 17.7 Å². The van der Waals surface area contributed by atoms with Crippen molar-refractivity contribution in [3.05, 3.63) is 42.2 Å². The van der Waals surface area contributed by atoms with Crippen LogP contribution < -0.4 is 5.73 Å². The number of nitrogens with two attached hydrogens (primary N) is 1. The van der Waals surface area contributed by atoms with Gasteiger partial charge in [0.25, 0.3) is 0 Å². The molecule has 13 heavy (non-hydrogen) atoms. The van der Waals surface area contributed by atoms with Gasteiger partial charge in [0.2, 0.25) is 0 Å². The van der Waals surface area contributed by atoms with Crippen LogP contribution in [0.2, 0.25) is 0 Å². The normalized spacial score (nSPS) is 12.5. The molecular weight excluding hydrogens is 174 g/mol. The number of rotatable bonds is 3. The van der Waals surface area contributed by atoms with Crippen molar-refractivity contribution in [2.24, 2.45) is 5.73 Å². The molecule has 1 aromatic rings. The number of aromatic nitrogens is 1.